The second-order valence-corrected chi connectivity index (χ2v) is 4.16. The van der Waals surface area contributed by atoms with Gasteiger partial charge in [-0.25, -0.2) is 0 Å². The molecule has 0 aliphatic carbocycles. The van der Waals surface area contributed by atoms with E-state index < -0.39 is 0 Å². The molecule has 0 atom stereocenters. The number of allylic oxidation sites excluding steroid dienone is 1. The molecule has 0 aliphatic rings. The Hall–Kier alpha value is -1.54. The minimum absolute atomic E-state index is 0.776. The summed E-state index contributed by atoms with van der Waals surface area (Å²) in [5.41, 5.74) is 2.29. The summed E-state index contributed by atoms with van der Waals surface area (Å²) in [5.74, 6) is 0.989. The maximum Gasteiger partial charge on any atom is 0.134 e. The summed E-state index contributed by atoms with van der Waals surface area (Å²) in [5, 5.41) is 4.49. The lowest BCUT2D eigenvalue weighted by Crippen LogP contribution is -2.12. The lowest BCUT2D eigenvalue weighted by atomic mass is 10.2. The fourth-order valence-electron chi connectivity index (χ4n) is 1.60. The van der Waals surface area contributed by atoms with Crippen LogP contribution in [-0.2, 0) is 6.54 Å². The molecular weight excluding hydrogens is 198 g/mol. The highest BCUT2D eigenvalue weighted by Crippen LogP contribution is 2.18. The molecule has 0 spiro atoms. The van der Waals surface area contributed by atoms with Gasteiger partial charge in [0.1, 0.15) is 11.3 Å². The first kappa shape index (κ1) is 11.0. The summed E-state index contributed by atoms with van der Waals surface area (Å²) in [6, 6.07) is 10.2. The second kappa shape index (κ2) is 4.99. The molecule has 84 valence electrons. The Labute approximate surface area is 96.0 Å². The van der Waals surface area contributed by atoms with Gasteiger partial charge in [-0.15, -0.1) is 0 Å². The Balaban J connectivity index is 1.97. The van der Waals surface area contributed by atoms with Crippen molar-refractivity contribution in [2.45, 2.75) is 20.4 Å². The van der Waals surface area contributed by atoms with Gasteiger partial charge in [0.25, 0.3) is 0 Å². The topological polar surface area (TPSA) is 25.2 Å². The Morgan fingerprint density at radius 1 is 1.31 bits per heavy atom. The van der Waals surface area contributed by atoms with Gasteiger partial charge in [-0.3, -0.25) is 0 Å². The number of fused-ring (bicyclic) bond motifs is 1. The van der Waals surface area contributed by atoms with E-state index in [1.165, 1.54) is 11.0 Å². The monoisotopic (exact) mass is 215 g/mol. The smallest absolute Gasteiger partial charge is 0.134 e. The highest BCUT2D eigenvalue weighted by Gasteiger charge is 2.01. The first-order chi connectivity index (χ1) is 7.75. The van der Waals surface area contributed by atoms with Crippen LogP contribution in [0.1, 0.15) is 19.6 Å². The van der Waals surface area contributed by atoms with Crippen molar-refractivity contribution in [2.24, 2.45) is 0 Å². The molecule has 2 nitrogen and oxygen atoms in total. The predicted molar refractivity (Wildman–Crippen MR) is 67.4 cm³/mol. The normalized spacial score (nSPS) is 10.6. The van der Waals surface area contributed by atoms with Gasteiger partial charge in [0.15, 0.2) is 0 Å². The minimum Gasteiger partial charge on any atom is -0.460 e. The number of hydrogen-bond donors (Lipinski definition) is 1. The largest absolute Gasteiger partial charge is 0.460 e. The quantitative estimate of drug-likeness (QED) is 0.624. The molecule has 0 bridgehead atoms. The zero-order valence-corrected chi connectivity index (χ0v) is 9.79. The molecule has 16 heavy (non-hydrogen) atoms. The van der Waals surface area contributed by atoms with Gasteiger partial charge in [-0.1, -0.05) is 29.8 Å². The van der Waals surface area contributed by atoms with Gasteiger partial charge in [0.05, 0.1) is 6.54 Å². The molecule has 2 heteroatoms. The van der Waals surface area contributed by atoms with Gasteiger partial charge in [-0.2, -0.15) is 0 Å². The Morgan fingerprint density at radius 3 is 2.88 bits per heavy atom. The lowest BCUT2D eigenvalue weighted by molar-refractivity contribution is 0.524. The van der Waals surface area contributed by atoms with Crippen LogP contribution < -0.4 is 5.32 Å². The van der Waals surface area contributed by atoms with E-state index in [0.717, 1.165) is 24.4 Å². The second-order valence-electron chi connectivity index (χ2n) is 4.16. The Bertz CT molecular complexity index is 459. The number of nitrogens with one attached hydrogen (secondary N) is 1. The van der Waals surface area contributed by atoms with Gasteiger partial charge in [0, 0.05) is 11.9 Å². The van der Waals surface area contributed by atoms with Crippen LogP contribution >= 0.6 is 0 Å². The lowest BCUT2D eigenvalue weighted by Gasteiger charge is -1.97. The zero-order chi connectivity index (χ0) is 11.4. The maximum absolute atomic E-state index is 5.69. The third-order valence-corrected chi connectivity index (χ3v) is 2.43. The Kier molecular flexibility index (Phi) is 3.42. The number of benzene rings is 1. The highest BCUT2D eigenvalue weighted by molar-refractivity contribution is 5.77. The average Bonchev–Trinajstić information content (AvgIpc) is 2.66. The van der Waals surface area contributed by atoms with E-state index >= 15 is 0 Å². The van der Waals surface area contributed by atoms with E-state index in [1.54, 1.807) is 0 Å². The molecule has 2 aromatic rings. The predicted octanol–water partition coefficient (Wildman–Crippen LogP) is 3.49. The van der Waals surface area contributed by atoms with Gasteiger partial charge >= 0.3 is 0 Å². The van der Waals surface area contributed by atoms with Crippen molar-refractivity contribution in [3.63, 3.8) is 0 Å². The standard InChI is InChI=1S/C14H17NO/c1-11(2)7-8-15-10-13-9-12-5-3-4-6-14(12)16-13/h3-7,9,15H,8,10H2,1-2H3. The van der Waals surface area contributed by atoms with Crippen LogP contribution in [0.3, 0.4) is 0 Å². The van der Waals surface area contributed by atoms with Gasteiger partial charge in [0.2, 0.25) is 0 Å². The molecule has 1 aromatic heterocycles. The molecular formula is C14H17NO. The van der Waals surface area contributed by atoms with Crippen molar-refractivity contribution in [2.75, 3.05) is 6.54 Å². The number of para-hydroxylation sites is 1. The van der Waals surface area contributed by atoms with Crippen LogP contribution in [0.4, 0.5) is 0 Å². The van der Waals surface area contributed by atoms with Crippen LogP contribution in [0.5, 0.6) is 0 Å². The van der Waals surface area contributed by atoms with Gasteiger partial charge < -0.3 is 9.73 Å². The van der Waals surface area contributed by atoms with Crippen LogP contribution in [0.25, 0.3) is 11.0 Å². The first-order valence-electron chi connectivity index (χ1n) is 5.57. The van der Waals surface area contributed by atoms with E-state index in [4.69, 9.17) is 4.42 Å². The van der Waals surface area contributed by atoms with Crippen molar-refractivity contribution in [1.29, 1.82) is 0 Å². The van der Waals surface area contributed by atoms with Crippen molar-refractivity contribution < 1.29 is 4.42 Å². The molecule has 0 radical (unpaired) electrons. The maximum atomic E-state index is 5.69. The molecule has 1 aromatic carbocycles. The van der Waals surface area contributed by atoms with E-state index in [9.17, 15) is 0 Å². The number of furan rings is 1. The minimum atomic E-state index is 0.776. The number of rotatable bonds is 4. The Morgan fingerprint density at radius 2 is 2.12 bits per heavy atom. The van der Waals surface area contributed by atoms with E-state index in [0.29, 0.717) is 0 Å². The van der Waals surface area contributed by atoms with Gasteiger partial charge in [-0.05, 0) is 26.0 Å². The van der Waals surface area contributed by atoms with Crippen LogP contribution in [-0.4, -0.2) is 6.54 Å². The SMILES string of the molecule is CC(C)=CCNCc1cc2ccccc2o1. The van der Waals surface area contributed by atoms with Crippen LogP contribution in [0, 0.1) is 0 Å². The fourth-order valence-corrected chi connectivity index (χ4v) is 1.60. The van der Waals surface area contributed by atoms with Crippen molar-refractivity contribution in [1.82, 2.24) is 5.32 Å². The van der Waals surface area contributed by atoms with Crippen LogP contribution in [0.15, 0.2) is 46.4 Å². The van der Waals surface area contributed by atoms with E-state index in [2.05, 4.69) is 37.4 Å². The summed E-state index contributed by atoms with van der Waals surface area (Å²) >= 11 is 0. The first-order valence-corrected chi connectivity index (χ1v) is 5.57. The third kappa shape index (κ3) is 2.74. The molecule has 2 rings (SSSR count). The van der Waals surface area contributed by atoms with Crippen molar-refractivity contribution in [3.05, 3.63) is 47.7 Å². The van der Waals surface area contributed by atoms with Crippen LogP contribution in [0.2, 0.25) is 0 Å². The highest BCUT2D eigenvalue weighted by atomic mass is 16.3. The fraction of sp³-hybridized carbons (Fsp3) is 0.286. The molecule has 0 unspecified atom stereocenters. The molecule has 0 aliphatic heterocycles. The van der Waals surface area contributed by atoms with Crippen molar-refractivity contribution >= 4 is 11.0 Å². The third-order valence-electron chi connectivity index (χ3n) is 2.43. The zero-order valence-electron chi connectivity index (χ0n) is 9.79. The summed E-state index contributed by atoms with van der Waals surface area (Å²) in [7, 11) is 0. The average molecular weight is 215 g/mol. The number of hydrogen-bond acceptors (Lipinski definition) is 2. The summed E-state index contributed by atoms with van der Waals surface area (Å²) in [4.78, 5) is 0. The molecule has 0 fully saturated rings. The van der Waals surface area contributed by atoms with Crippen molar-refractivity contribution in [3.8, 4) is 0 Å². The summed E-state index contributed by atoms with van der Waals surface area (Å²) in [6.07, 6.45) is 2.17. The van der Waals surface area contributed by atoms with E-state index in [-0.39, 0.29) is 0 Å². The molecule has 1 heterocycles. The molecule has 0 amide bonds. The summed E-state index contributed by atoms with van der Waals surface area (Å²) in [6.45, 7) is 5.86. The molecule has 0 saturated heterocycles. The molecule has 1 N–H and O–H groups in total. The summed E-state index contributed by atoms with van der Waals surface area (Å²) < 4.78 is 5.69. The van der Waals surface area contributed by atoms with E-state index in [1.807, 2.05) is 18.2 Å². The molecule has 0 saturated carbocycles.